The minimum Gasteiger partial charge on any atom is -0.464 e. The zero-order valence-corrected chi connectivity index (χ0v) is 16.8. The molecule has 2 N–H and O–H groups in total. The second-order valence-electron chi connectivity index (χ2n) is 6.27. The Balaban J connectivity index is 2.47. The van der Waals surface area contributed by atoms with Crippen molar-refractivity contribution in [3.8, 4) is 0 Å². The van der Waals surface area contributed by atoms with Crippen LogP contribution in [-0.2, 0) is 40.7 Å². The van der Waals surface area contributed by atoms with Gasteiger partial charge in [-0.15, -0.1) is 0 Å². The van der Waals surface area contributed by atoms with Crippen molar-refractivity contribution in [3.05, 3.63) is 59.9 Å². The quantitative estimate of drug-likeness (QED) is 0.354. The monoisotopic (exact) mass is 416 g/mol. The number of hydrogen-bond acceptors (Lipinski definition) is 7. The number of rotatable bonds is 10. The van der Waals surface area contributed by atoms with E-state index in [0.29, 0.717) is 0 Å². The van der Waals surface area contributed by atoms with Crippen LogP contribution in [0.3, 0.4) is 0 Å². The standard InChI is InChI=1S/C21H24N2O7/c1-3-28-19(26)21(13-17(22)24,20(27)29-4-2)23-12-8-11-16(23)18(25)30-14-15-9-6-5-7-10-15/h5-12H,3-4,13-14H2,1-2H3,(H2,22,24). The fourth-order valence-electron chi connectivity index (χ4n) is 2.94. The predicted molar refractivity (Wildman–Crippen MR) is 105 cm³/mol. The normalized spacial score (nSPS) is 10.9. The van der Waals surface area contributed by atoms with Crippen LogP contribution in [0.2, 0.25) is 0 Å². The molecule has 0 aliphatic carbocycles. The third-order valence-corrected chi connectivity index (χ3v) is 4.24. The first-order chi connectivity index (χ1) is 14.4. The Morgan fingerprint density at radius 3 is 2.03 bits per heavy atom. The van der Waals surface area contributed by atoms with Gasteiger partial charge in [0.25, 0.3) is 0 Å². The molecule has 0 fully saturated rings. The highest BCUT2D eigenvalue weighted by atomic mass is 16.6. The molecule has 2 rings (SSSR count). The largest absolute Gasteiger partial charge is 0.464 e. The van der Waals surface area contributed by atoms with Crippen molar-refractivity contribution in [3.63, 3.8) is 0 Å². The van der Waals surface area contributed by atoms with Crippen LogP contribution >= 0.6 is 0 Å². The van der Waals surface area contributed by atoms with Gasteiger partial charge < -0.3 is 24.5 Å². The summed E-state index contributed by atoms with van der Waals surface area (Å²) in [5.74, 6) is -3.87. The Bertz CT molecular complexity index is 887. The molecule has 30 heavy (non-hydrogen) atoms. The molecule has 0 aliphatic rings. The zero-order chi connectivity index (χ0) is 22.1. The number of hydrogen-bond donors (Lipinski definition) is 1. The van der Waals surface area contributed by atoms with Gasteiger partial charge in [0.05, 0.1) is 19.6 Å². The van der Waals surface area contributed by atoms with Crippen LogP contribution in [-0.4, -0.2) is 41.6 Å². The van der Waals surface area contributed by atoms with E-state index >= 15 is 0 Å². The van der Waals surface area contributed by atoms with E-state index in [4.69, 9.17) is 19.9 Å². The lowest BCUT2D eigenvalue weighted by Gasteiger charge is -2.30. The topological polar surface area (TPSA) is 127 Å². The van der Waals surface area contributed by atoms with Crippen LogP contribution in [0.25, 0.3) is 0 Å². The Kier molecular flexibility index (Phi) is 7.74. The summed E-state index contributed by atoms with van der Waals surface area (Å²) in [6, 6.07) is 11.8. The minimum absolute atomic E-state index is 0.0213. The van der Waals surface area contributed by atoms with Crippen LogP contribution < -0.4 is 5.73 Å². The molecule has 9 nitrogen and oxygen atoms in total. The molecule has 0 aliphatic heterocycles. The van der Waals surface area contributed by atoms with Crippen molar-refractivity contribution in [1.82, 2.24) is 4.57 Å². The molecule has 1 aromatic carbocycles. The first kappa shape index (κ1) is 22.7. The van der Waals surface area contributed by atoms with Gasteiger partial charge >= 0.3 is 17.9 Å². The first-order valence-electron chi connectivity index (χ1n) is 9.38. The molecule has 0 saturated carbocycles. The molecule has 0 unspecified atom stereocenters. The van der Waals surface area contributed by atoms with Crippen molar-refractivity contribution in [2.45, 2.75) is 32.4 Å². The van der Waals surface area contributed by atoms with Crippen LogP contribution in [0.5, 0.6) is 0 Å². The van der Waals surface area contributed by atoms with Crippen molar-refractivity contribution in [2.24, 2.45) is 5.73 Å². The highest BCUT2D eigenvalue weighted by Gasteiger charge is 2.53. The summed E-state index contributed by atoms with van der Waals surface area (Å²) in [6.07, 6.45) is 0.550. The predicted octanol–water partition coefficient (Wildman–Crippen LogP) is 1.54. The van der Waals surface area contributed by atoms with Crippen molar-refractivity contribution in [1.29, 1.82) is 0 Å². The molecule has 2 aromatic rings. The van der Waals surface area contributed by atoms with E-state index < -0.39 is 35.8 Å². The van der Waals surface area contributed by atoms with Crippen molar-refractivity contribution in [2.75, 3.05) is 13.2 Å². The summed E-state index contributed by atoms with van der Waals surface area (Å²) >= 11 is 0. The molecule has 9 heteroatoms. The molecule has 0 spiro atoms. The summed E-state index contributed by atoms with van der Waals surface area (Å²) in [5, 5.41) is 0. The Morgan fingerprint density at radius 2 is 1.50 bits per heavy atom. The SMILES string of the molecule is CCOC(=O)C(CC(N)=O)(C(=O)OCC)n1cccc1C(=O)OCc1ccccc1. The number of carbonyl (C=O) groups is 4. The molecule has 0 atom stereocenters. The van der Waals surface area contributed by atoms with Gasteiger partial charge in [-0.25, -0.2) is 14.4 Å². The maximum Gasteiger partial charge on any atom is 0.355 e. The van der Waals surface area contributed by atoms with E-state index in [9.17, 15) is 19.2 Å². The molecule has 160 valence electrons. The van der Waals surface area contributed by atoms with Crippen LogP contribution in [0.15, 0.2) is 48.7 Å². The molecular weight excluding hydrogens is 392 g/mol. The summed E-state index contributed by atoms with van der Waals surface area (Å²) < 4.78 is 16.4. The van der Waals surface area contributed by atoms with Crippen molar-refractivity contribution < 1.29 is 33.4 Å². The van der Waals surface area contributed by atoms with Gasteiger partial charge in [-0.1, -0.05) is 30.3 Å². The van der Waals surface area contributed by atoms with Gasteiger partial charge in [-0.2, -0.15) is 0 Å². The molecule has 0 radical (unpaired) electrons. The third kappa shape index (κ3) is 4.86. The molecule has 1 amide bonds. The lowest BCUT2D eigenvalue weighted by Crippen LogP contribution is -2.54. The molecular formula is C21H24N2O7. The molecule has 1 heterocycles. The fraction of sp³-hybridized carbons (Fsp3) is 0.333. The first-order valence-corrected chi connectivity index (χ1v) is 9.38. The van der Waals surface area contributed by atoms with Gasteiger partial charge in [0, 0.05) is 6.20 Å². The number of carbonyl (C=O) groups excluding carboxylic acids is 4. The third-order valence-electron chi connectivity index (χ3n) is 4.24. The average molecular weight is 416 g/mol. The van der Waals surface area contributed by atoms with E-state index in [1.165, 1.54) is 18.3 Å². The molecule has 1 aromatic heterocycles. The van der Waals surface area contributed by atoms with E-state index in [0.717, 1.165) is 10.1 Å². The number of primary amides is 1. The average Bonchev–Trinajstić information content (AvgIpc) is 3.21. The van der Waals surface area contributed by atoms with E-state index in [1.807, 2.05) is 6.07 Å². The second kappa shape index (κ2) is 10.2. The van der Waals surface area contributed by atoms with Crippen LogP contribution in [0, 0.1) is 0 Å². The van der Waals surface area contributed by atoms with Gasteiger partial charge in [0.1, 0.15) is 12.3 Å². The Labute approximate surface area is 173 Å². The van der Waals surface area contributed by atoms with Crippen molar-refractivity contribution >= 4 is 23.8 Å². The maximum absolute atomic E-state index is 12.9. The van der Waals surface area contributed by atoms with E-state index in [1.54, 1.807) is 38.1 Å². The van der Waals surface area contributed by atoms with Gasteiger partial charge in [-0.05, 0) is 31.5 Å². The maximum atomic E-state index is 12.9. The van der Waals surface area contributed by atoms with Crippen LogP contribution in [0.1, 0.15) is 36.3 Å². The number of amides is 1. The lowest BCUT2D eigenvalue weighted by atomic mass is 9.93. The van der Waals surface area contributed by atoms with E-state index in [-0.39, 0.29) is 25.5 Å². The summed E-state index contributed by atoms with van der Waals surface area (Å²) in [4.78, 5) is 50.3. The number of aromatic nitrogens is 1. The summed E-state index contributed by atoms with van der Waals surface area (Å²) in [7, 11) is 0. The highest BCUT2D eigenvalue weighted by Crippen LogP contribution is 2.28. The number of ether oxygens (including phenoxy) is 3. The fourth-order valence-corrected chi connectivity index (χ4v) is 2.94. The van der Waals surface area contributed by atoms with Crippen LogP contribution in [0.4, 0.5) is 0 Å². The summed E-state index contributed by atoms with van der Waals surface area (Å²) in [5.41, 5.74) is 3.66. The number of nitrogens with two attached hydrogens (primary N) is 1. The Hall–Kier alpha value is -3.62. The smallest absolute Gasteiger partial charge is 0.355 e. The van der Waals surface area contributed by atoms with Gasteiger partial charge in [0.15, 0.2) is 0 Å². The lowest BCUT2D eigenvalue weighted by molar-refractivity contribution is -0.172. The highest BCUT2D eigenvalue weighted by molar-refractivity contribution is 6.06. The van der Waals surface area contributed by atoms with Gasteiger partial charge in [-0.3, -0.25) is 4.79 Å². The number of esters is 3. The molecule has 0 saturated heterocycles. The molecule has 0 bridgehead atoms. The summed E-state index contributed by atoms with van der Waals surface area (Å²) in [6.45, 7) is 2.94. The number of nitrogens with zero attached hydrogens (tertiary/aromatic N) is 1. The van der Waals surface area contributed by atoms with Gasteiger partial charge in [0.2, 0.25) is 11.4 Å². The second-order valence-corrected chi connectivity index (χ2v) is 6.27. The Morgan fingerprint density at radius 1 is 0.900 bits per heavy atom. The zero-order valence-electron chi connectivity index (χ0n) is 16.8. The number of benzene rings is 1. The van der Waals surface area contributed by atoms with E-state index in [2.05, 4.69) is 0 Å². The minimum atomic E-state index is -2.29.